The van der Waals surface area contributed by atoms with Gasteiger partial charge >= 0.3 is 0 Å². The molecule has 2 saturated carbocycles. The van der Waals surface area contributed by atoms with E-state index in [2.05, 4.69) is 13.8 Å². The summed E-state index contributed by atoms with van der Waals surface area (Å²) in [5.41, 5.74) is -0.257. The Hall–Kier alpha value is -0.0400. The molecule has 2 rings (SSSR count). The Bertz CT molecular complexity index is 188. The number of hydrogen-bond donors (Lipinski definition) is 1. The maximum Gasteiger partial charge on any atom is 0.0678 e. The fraction of sp³-hybridized carbons (Fsp3) is 1.00. The van der Waals surface area contributed by atoms with Crippen molar-refractivity contribution in [2.75, 3.05) is 0 Å². The van der Waals surface area contributed by atoms with Crippen LogP contribution in [0.3, 0.4) is 0 Å². The minimum atomic E-state index is -0.257. The normalized spacial score (nSPS) is 43.4. The van der Waals surface area contributed by atoms with E-state index in [4.69, 9.17) is 0 Å². The standard InChI is InChI=1S/C12H22O/c1-9(2)5-7-12(13)6-3-4-10-8-11(10)12/h9-11,13H,3-8H2,1-2H3. The fourth-order valence-corrected chi connectivity index (χ4v) is 2.93. The van der Waals surface area contributed by atoms with E-state index in [1.54, 1.807) is 0 Å². The van der Waals surface area contributed by atoms with Crippen LogP contribution in [0.5, 0.6) is 0 Å². The zero-order valence-corrected chi connectivity index (χ0v) is 8.92. The predicted octanol–water partition coefficient (Wildman–Crippen LogP) is 2.97. The largest absolute Gasteiger partial charge is 0.390 e. The first-order valence-electron chi connectivity index (χ1n) is 5.84. The first-order valence-corrected chi connectivity index (χ1v) is 5.84. The van der Waals surface area contributed by atoms with Gasteiger partial charge in [0.2, 0.25) is 0 Å². The number of rotatable bonds is 3. The van der Waals surface area contributed by atoms with E-state index in [1.165, 1.54) is 25.7 Å². The van der Waals surface area contributed by atoms with Gasteiger partial charge in [-0.2, -0.15) is 0 Å². The summed E-state index contributed by atoms with van der Waals surface area (Å²) in [5, 5.41) is 10.4. The highest BCUT2D eigenvalue weighted by atomic mass is 16.3. The summed E-state index contributed by atoms with van der Waals surface area (Å²) in [4.78, 5) is 0. The second-order valence-electron chi connectivity index (χ2n) is 5.53. The predicted molar refractivity (Wildman–Crippen MR) is 54.5 cm³/mol. The molecule has 0 aliphatic heterocycles. The Kier molecular flexibility index (Phi) is 2.39. The van der Waals surface area contributed by atoms with Crippen LogP contribution in [0.4, 0.5) is 0 Å². The SMILES string of the molecule is CC(C)CCC1(O)CCCC2CC21. The highest BCUT2D eigenvalue weighted by Gasteiger charge is 2.53. The van der Waals surface area contributed by atoms with Crippen molar-refractivity contribution in [1.82, 2.24) is 0 Å². The molecule has 1 N–H and O–H groups in total. The van der Waals surface area contributed by atoms with Gasteiger partial charge in [-0.1, -0.05) is 20.3 Å². The van der Waals surface area contributed by atoms with Crippen molar-refractivity contribution in [1.29, 1.82) is 0 Å². The molecule has 0 aromatic carbocycles. The van der Waals surface area contributed by atoms with Crippen LogP contribution in [0.15, 0.2) is 0 Å². The van der Waals surface area contributed by atoms with E-state index in [0.717, 1.165) is 24.7 Å². The molecule has 1 heteroatoms. The minimum Gasteiger partial charge on any atom is -0.390 e. The van der Waals surface area contributed by atoms with Gasteiger partial charge in [0.15, 0.2) is 0 Å². The molecule has 2 aliphatic carbocycles. The van der Waals surface area contributed by atoms with Gasteiger partial charge in [-0.05, 0) is 49.9 Å². The molecule has 0 spiro atoms. The van der Waals surface area contributed by atoms with Crippen molar-refractivity contribution in [2.24, 2.45) is 17.8 Å². The molecule has 3 atom stereocenters. The first-order chi connectivity index (χ1) is 6.12. The van der Waals surface area contributed by atoms with E-state index >= 15 is 0 Å². The van der Waals surface area contributed by atoms with Gasteiger partial charge in [-0.15, -0.1) is 0 Å². The van der Waals surface area contributed by atoms with Crippen LogP contribution in [-0.4, -0.2) is 10.7 Å². The number of aliphatic hydroxyl groups is 1. The lowest BCUT2D eigenvalue weighted by Gasteiger charge is -2.32. The summed E-state index contributed by atoms with van der Waals surface area (Å²) in [6.45, 7) is 4.49. The maximum absolute atomic E-state index is 10.4. The zero-order valence-electron chi connectivity index (χ0n) is 8.92. The third kappa shape index (κ3) is 1.90. The average Bonchev–Trinajstić information content (AvgIpc) is 2.82. The van der Waals surface area contributed by atoms with Gasteiger partial charge in [0.05, 0.1) is 5.60 Å². The molecular formula is C12H22O. The summed E-state index contributed by atoms with van der Waals surface area (Å²) in [6, 6.07) is 0. The lowest BCUT2D eigenvalue weighted by Crippen LogP contribution is -2.34. The van der Waals surface area contributed by atoms with E-state index in [0.29, 0.717) is 5.92 Å². The summed E-state index contributed by atoms with van der Waals surface area (Å²) >= 11 is 0. The second kappa shape index (κ2) is 3.27. The molecule has 1 nitrogen and oxygen atoms in total. The molecule has 0 aromatic rings. The molecule has 13 heavy (non-hydrogen) atoms. The second-order valence-corrected chi connectivity index (χ2v) is 5.53. The summed E-state index contributed by atoms with van der Waals surface area (Å²) in [6.07, 6.45) is 7.27. The van der Waals surface area contributed by atoms with Gasteiger partial charge in [-0.25, -0.2) is 0 Å². The Labute approximate surface area is 81.5 Å². The van der Waals surface area contributed by atoms with Crippen molar-refractivity contribution >= 4 is 0 Å². The molecule has 3 unspecified atom stereocenters. The lowest BCUT2D eigenvalue weighted by atomic mass is 9.80. The monoisotopic (exact) mass is 182 g/mol. The van der Waals surface area contributed by atoms with Gasteiger partial charge in [0.25, 0.3) is 0 Å². The maximum atomic E-state index is 10.4. The Morgan fingerprint density at radius 2 is 2.23 bits per heavy atom. The van der Waals surface area contributed by atoms with Crippen LogP contribution in [0.25, 0.3) is 0 Å². The third-order valence-electron chi connectivity index (χ3n) is 3.95. The molecule has 0 amide bonds. The summed E-state index contributed by atoms with van der Waals surface area (Å²) < 4.78 is 0. The number of fused-ring (bicyclic) bond motifs is 1. The van der Waals surface area contributed by atoms with Crippen LogP contribution < -0.4 is 0 Å². The van der Waals surface area contributed by atoms with Crippen LogP contribution >= 0.6 is 0 Å². The average molecular weight is 182 g/mol. The van der Waals surface area contributed by atoms with Crippen molar-refractivity contribution in [3.63, 3.8) is 0 Å². The fourth-order valence-electron chi connectivity index (χ4n) is 2.93. The Morgan fingerprint density at radius 1 is 1.46 bits per heavy atom. The van der Waals surface area contributed by atoms with Crippen LogP contribution in [0, 0.1) is 17.8 Å². The zero-order chi connectivity index (χ0) is 9.47. The smallest absolute Gasteiger partial charge is 0.0678 e. The molecule has 2 aliphatic rings. The van der Waals surface area contributed by atoms with Crippen molar-refractivity contribution in [3.8, 4) is 0 Å². The summed E-state index contributed by atoms with van der Waals surface area (Å²) in [7, 11) is 0. The molecule has 0 radical (unpaired) electrons. The third-order valence-corrected chi connectivity index (χ3v) is 3.95. The van der Waals surface area contributed by atoms with Gasteiger partial charge < -0.3 is 5.11 Å². The lowest BCUT2D eigenvalue weighted by molar-refractivity contribution is -0.0224. The van der Waals surface area contributed by atoms with Crippen molar-refractivity contribution in [3.05, 3.63) is 0 Å². The molecule has 0 aromatic heterocycles. The molecular weight excluding hydrogens is 160 g/mol. The van der Waals surface area contributed by atoms with E-state index in [9.17, 15) is 5.11 Å². The molecule has 0 saturated heterocycles. The van der Waals surface area contributed by atoms with Crippen LogP contribution in [0.1, 0.15) is 52.4 Å². The molecule has 76 valence electrons. The quantitative estimate of drug-likeness (QED) is 0.711. The van der Waals surface area contributed by atoms with Crippen LogP contribution in [0.2, 0.25) is 0 Å². The van der Waals surface area contributed by atoms with Gasteiger partial charge in [-0.3, -0.25) is 0 Å². The topological polar surface area (TPSA) is 20.2 Å². The van der Waals surface area contributed by atoms with Gasteiger partial charge in [0.1, 0.15) is 0 Å². The van der Waals surface area contributed by atoms with E-state index in [1.807, 2.05) is 0 Å². The van der Waals surface area contributed by atoms with E-state index in [-0.39, 0.29) is 5.60 Å². The van der Waals surface area contributed by atoms with Crippen molar-refractivity contribution in [2.45, 2.75) is 58.0 Å². The molecule has 0 bridgehead atoms. The Balaban J connectivity index is 1.87. The Morgan fingerprint density at radius 3 is 2.92 bits per heavy atom. The molecule has 0 heterocycles. The highest BCUT2D eigenvalue weighted by molar-refractivity contribution is 5.04. The minimum absolute atomic E-state index is 0.257. The van der Waals surface area contributed by atoms with Crippen LogP contribution in [-0.2, 0) is 0 Å². The summed E-state index contributed by atoms with van der Waals surface area (Å²) in [5.74, 6) is 2.31. The van der Waals surface area contributed by atoms with E-state index < -0.39 is 0 Å². The molecule has 2 fully saturated rings. The van der Waals surface area contributed by atoms with Gasteiger partial charge in [0, 0.05) is 0 Å². The first kappa shape index (κ1) is 9.51. The number of hydrogen-bond acceptors (Lipinski definition) is 1. The van der Waals surface area contributed by atoms with Crippen molar-refractivity contribution < 1.29 is 5.11 Å². The highest BCUT2D eigenvalue weighted by Crippen LogP contribution is 2.56.